The number of carbonyl (C=O) groups excluding carboxylic acids is 4. The first kappa shape index (κ1) is 41.9. The van der Waals surface area contributed by atoms with E-state index in [-0.39, 0.29) is 28.0 Å². The summed E-state index contributed by atoms with van der Waals surface area (Å²) in [5, 5.41) is 0. The zero-order valence-electron chi connectivity index (χ0n) is 33.6. The van der Waals surface area contributed by atoms with Crippen molar-refractivity contribution in [2.75, 3.05) is 5.73 Å². The lowest BCUT2D eigenvalue weighted by Crippen LogP contribution is -2.65. The number of hydrogen-bond acceptors (Lipinski definition) is 11. The number of benzene rings is 6. The molecule has 11 heteroatoms. The Morgan fingerprint density at radius 1 is 0.557 bits per heavy atom. The molecule has 0 saturated carbocycles. The summed E-state index contributed by atoms with van der Waals surface area (Å²) in [7, 11) is 0. The maximum absolute atomic E-state index is 14.1. The molecule has 0 aliphatic carbocycles. The molecule has 0 amide bonds. The number of anilines is 1. The zero-order valence-corrected chi connectivity index (χ0v) is 33.6. The van der Waals surface area contributed by atoms with Crippen molar-refractivity contribution in [2.45, 2.75) is 63.5 Å². The third kappa shape index (κ3) is 10.5. The van der Waals surface area contributed by atoms with Gasteiger partial charge in [0, 0.05) is 18.2 Å². The van der Waals surface area contributed by atoms with Gasteiger partial charge in [0.05, 0.1) is 22.3 Å². The van der Waals surface area contributed by atoms with Crippen molar-refractivity contribution in [3.8, 4) is 5.75 Å². The molecule has 0 unspecified atom stereocenters. The fourth-order valence-electron chi connectivity index (χ4n) is 6.94. The van der Waals surface area contributed by atoms with Crippen LogP contribution in [0.4, 0.5) is 5.69 Å². The molecule has 1 heterocycles. The molecule has 310 valence electrons. The predicted molar refractivity (Wildman–Crippen MR) is 227 cm³/mol. The van der Waals surface area contributed by atoms with E-state index in [1.807, 2.05) is 18.2 Å². The summed E-state index contributed by atoms with van der Waals surface area (Å²) in [4.78, 5) is 55.6. The Hall–Kier alpha value is -7.24. The maximum Gasteiger partial charge on any atom is 0.338 e. The number of nitrogen functional groups attached to an aromatic ring is 1. The highest BCUT2D eigenvalue weighted by molar-refractivity contribution is 5.91. The second-order valence-corrected chi connectivity index (χ2v) is 14.5. The molecule has 0 bridgehead atoms. The summed E-state index contributed by atoms with van der Waals surface area (Å²) in [6.07, 6.45) is -7.50. The Balaban J connectivity index is 1.34. The van der Waals surface area contributed by atoms with E-state index in [2.05, 4.69) is 19.1 Å². The Bertz CT molecular complexity index is 2410. The van der Waals surface area contributed by atoms with Crippen molar-refractivity contribution < 1.29 is 47.6 Å². The van der Waals surface area contributed by atoms with Crippen LogP contribution in [0.15, 0.2) is 164 Å². The summed E-state index contributed by atoms with van der Waals surface area (Å²) in [6.45, 7) is 3.64. The van der Waals surface area contributed by atoms with Crippen LogP contribution in [0.3, 0.4) is 0 Å². The van der Waals surface area contributed by atoms with E-state index in [0.717, 1.165) is 12.0 Å². The predicted octanol–water partition coefficient (Wildman–Crippen LogP) is 8.45. The van der Waals surface area contributed by atoms with Gasteiger partial charge in [-0.15, -0.1) is 0 Å². The highest BCUT2D eigenvalue weighted by Gasteiger charge is 2.56. The Kier molecular flexibility index (Phi) is 13.5. The topological polar surface area (TPSA) is 150 Å². The summed E-state index contributed by atoms with van der Waals surface area (Å²) in [6, 6.07) is 46.3. The van der Waals surface area contributed by atoms with Crippen molar-refractivity contribution in [1.29, 1.82) is 0 Å². The maximum atomic E-state index is 14.1. The molecule has 7 rings (SSSR count). The average molecular weight is 820 g/mol. The zero-order chi connectivity index (χ0) is 42.7. The molecule has 0 radical (unpaired) electrons. The van der Waals surface area contributed by atoms with Crippen LogP contribution in [0.1, 0.15) is 72.0 Å². The number of ether oxygens (including phenoxy) is 6. The van der Waals surface area contributed by atoms with E-state index < -0.39 is 60.7 Å². The number of rotatable bonds is 14. The van der Waals surface area contributed by atoms with Gasteiger partial charge in [0.2, 0.25) is 12.4 Å². The SMILES string of the molecule is CCc1ccc(Cc2ccc(N)cc2O[C@@H]2O[C@H]([C@@H](C)OC(=O)c3ccccc3)[C@@H](OC(=O)c3ccccc3)[C@H](OC(=O)c3ccccc3)[C@H]2OC(=O)c2ccccc2)cc1. The molecule has 1 aliphatic rings. The van der Waals surface area contributed by atoms with Gasteiger partial charge in [-0.05, 0) is 84.6 Å². The van der Waals surface area contributed by atoms with Crippen LogP contribution >= 0.6 is 0 Å². The third-order valence-electron chi connectivity index (χ3n) is 10.2. The smallest absolute Gasteiger partial charge is 0.338 e. The van der Waals surface area contributed by atoms with Gasteiger partial charge in [0.1, 0.15) is 18.0 Å². The van der Waals surface area contributed by atoms with E-state index in [9.17, 15) is 19.2 Å². The molecule has 0 aromatic heterocycles. The molecule has 61 heavy (non-hydrogen) atoms. The van der Waals surface area contributed by atoms with Crippen LogP contribution in [-0.2, 0) is 36.5 Å². The minimum absolute atomic E-state index is 0.167. The van der Waals surface area contributed by atoms with E-state index in [4.69, 9.17) is 34.2 Å². The lowest BCUT2D eigenvalue weighted by molar-refractivity contribution is -0.284. The van der Waals surface area contributed by atoms with Gasteiger partial charge < -0.3 is 34.2 Å². The van der Waals surface area contributed by atoms with Gasteiger partial charge in [0.15, 0.2) is 12.2 Å². The second-order valence-electron chi connectivity index (χ2n) is 14.5. The standard InChI is InChI=1S/C50H45NO10/c1-3-33-24-26-34(27-25-33)30-39-28-29-40(51)31-41(39)57-50-45(60-49(55)38-22-14-7-15-23-38)44(59-48(54)37-20-12-6-13-21-37)43(58-47(53)36-18-10-5-11-19-36)42(61-50)32(2)56-46(52)35-16-8-4-9-17-35/h4-29,31-32,42-45,50H,3,30,51H2,1-2H3/t32-,42-,43-,44+,45-,50-/m1/s1. The number of carbonyl (C=O) groups is 4. The largest absolute Gasteiger partial charge is 0.460 e. The summed E-state index contributed by atoms with van der Waals surface area (Å²) in [5.74, 6) is -2.83. The van der Waals surface area contributed by atoms with Crippen molar-refractivity contribution in [2.24, 2.45) is 0 Å². The molecule has 1 saturated heterocycles. The number of aryl methyl sites for hydroxylation is 1. The number of nitrogens with two attached hydrogens (primary N) is 1. The molecule has 1 fully saturated rings. The van der Waals surface area contributed by atoms with Crippen LogP contribution in [0.5, 0.6) is 5.75 Å². The molecule has 6 aromatic carbocycles. The normalized spacial score (nSPS) is 18.8. The Morgan fingerprint density at radius 2 is 1.00 bits per heavy atom. The van der Waals surface area contributed by atoms with Crippen molar-refractivity contribution in [1.82, 2.24) is 0 Å². The molecule has 1 aliphatic heterocycles. The lowest BCUT2D eigenvalue weighted by atomic mass is 9.94. The van der Waals surface area contributed by atoms with Crippen molar-refractivity contribution in [3.63, 3.8) is 0 Å². The molecular weight excluding hydrogens is 775 g/mol. The monoisotopic (exact) mass is 819 g/mol. The van der Waals surface area contributed by atoms with Crippen LogP contribution in [0.2, 0.25) is 0 Å². The van der Waals surface area contributed by atoms with Gasteiger partial charge in [-0.25, -0.2) is 19.2 Å². The van der Waals surface area contributed by atoms with Gasteiger partial charge in [-0.2, -0.15) is 0 Å². The van der Waals surface area contributed by atoms with Crippen LogP contribution < -0.4 is 10.5 Å². The Morgan fingerprint density at radius 3 is 1.49 bits per heavy atom. The van der Waals surface area contributed by atoms with E-state index in [1.165, 1.54) is 5.56 Å². The highest BCUT2D eigenvalue weighted by Crippen LogP contribution is 2.36. The molecular formula is C50H45NO10. The van der Waals surface area contributed by atoms with Crippen molar-refractivity contribution in [3.05, 3.63) is 203 Å². The lowest BCUT2D eigenvalue weighted by Gasteiger charge is -2.45. The number of hydrogen-bond donors (Lipinski definition) is 1. The number of esters is 4. The fourth-order valence-corrected chi connectivity index (χ4v) is 6.94. The van der Waals surface area contributed by atoms with E-state index in [0.29, 0.717) is 17.7 Å². The summed E-state index contributed by atoms with van der Waals surface area (Å²) >= 11 is 0. The minimum atomic E-state index is -1.60. The second kappa shape index (κ2) is 19.7. The summed E-state index contributed by atoms with van der Waals surface area (Å²) < 4.78 is 38.1. The minimum Gasteiger partial charge on any atom is -0.460 e. The Labute approximate surface area is 353 Å². The van der Waals surface area contributed by atoms with Gasteiger partial charge in [-0.3, -0.25) is 0 Å². The van der Waals surface area contributed by atoms with E-state index in [1.54, 1.807) is 140 Å². The fraction of sp³-hybridized carbons (Fsp3) is 0.200. The highest BCUT2D eigenvalue weighted by atomic mass is 16.7. The third-order valence-corrected chi connectivity index (χ3v) is 10.2. The average Bonchev–Trinajstić information content (AvgIpc) is 3.30. The molecule has 6 atom stereocenters. The van der Waals surface area contributed by atoms with Crippen LogP contribution in [0, 0.1) is 0 Å². The quantitative estimate of drug-likeness (QED) is 0.0641. The van der Waals surface area contributed by atoms with Crippen LogP contribution in [0.25, 0.3) is 0 Å². The van der Waals surface area contributed by atoms with Gasteiger partial charge in [-0.1, -0.05) is 110 Å². The van der Waals surface area contributed by atoms with Crippen molar-refractivity contribution >= 4 is 29.6 Å². The summed E-state index contributed by atoms with van der Waals surface area (Å²) in [5.41, 5.74) is 10.4. The molecule has 0 spiro atoms. The first-order chi connectivity index (χ1) is 29.7. The van der Waals surface area contributed by atoms with Gasteiger partial charge in [0.25, 0.3) is 0 Å². The van der Waals surface area contributed by atoms with E-state index >= 15 is 0 Å². The first-order valence-corrected chi connectivity index (χ1v) is 20.0. The van der Waals surface area contributed by atoms with Crippen LogP contribution in [-0.4, -0.2) is 60.7 Å². The molecule has 11 nitrogen and oxygen atoms in total. The van der Waals surface area contributed by atoms with Gasteiger partial charge >= 0.3 is 23.9 Å². The molecule has 2 N–H and O–H groups in total. The molecule has 6 aromatic rings. The first-order valence-electron chi connectivity index (χ1n) is 20.0.